The summed E-state index contributed by atoms with van der Waals surface area (Å²) in [4.78, 5) is 26.2. The van der Waals surface area contributed by atoms with Crippen molar-refractivity contribution in [2.75, 3.05) is 19.0 Å². The van der Waals surface area contributed by atoms with Gasteiger partial charge in [-0.2, -0.15) is 0 Å². The standard InChI is InChI=1S/C24H29Cl2NO4S/c1-24(2,3)14-7-9-16-19(12-14)32-22(21(16)23(29)30-4)27-20(28)6-5-11-31-18-10-8-15(25)13-17(18)26/h8,10,13-14H,5-7,9,11-12H2,1-4H3,(H,27,28). The van der Waals surface area contributed by atoms with Gasteiger partial charge in [0, 0.05) is 16.3 Å². The lowest BCUT2D eigenvalue weighted by Gasteiger charge is -2.33. The first-order valence-electron chi connectivity index (χ1n) is 10.7. The molecule has 1 aromatic carbocycles. The third-order valence-corrected chi connectivity index (χ3v) is 7.53. The van der Waals surface area contributed by atoms with Crippen LogP contribution in [0.2, 0.25) is 10.0 Å². The van der Waals surface area contributed by atoms with E-state index < -0.39 is 5.97 Å². The van der Waals surface area contributed by atoms with Crippen molar-refractivity contribution in [3.05, 3.63) is 44.2 Å². The number of thiophene rings is 1. The Morgan fingerprint density at radius 1 is 1.25 bits per heavy atom. The number of ether oxygens (including phenoxy) is 2. The molecule has 1 amide bonds. The second-order valence-corrected chi connectivity index (χ2v) is 11.0. The summed E-state index contributed by atoms with van der Waals surface area (Å²) in [6.45, 7) is 7.09. The van der Waals surface area contributed by atoms with Crippen LogP contribution in [-0.4, -0.2) is 25.6 Å². The van der Waals surface area contributed by atoms with Crippen LogP contribution in [0.15, 0.2) is 18.2 Å². The Labute approximate surface area is 203 Å². The first-order valence-corrected chi connectivity index (χ1v) is 12.3. The molecule has 174 valence electrons. The zero-order chi connectivity index (χ0) is 23.5. The molecule has 5 nitrogen and oxygen atoms in total. The predicted octanol–water partition coefficient (Wildman–Crippen LogP) is 6.79. The number of halogens is 2. The minimum Gasteiger partial charge on any atom is -0.492 e. The molecular formula is C24H29Cl2NO4S. The number of fused-ring (bicyclic) bond motifs is 1. The highest BCUT2D eigenvalue weighted by molar-refractivity contribution is 7.17. The van der Waals surface area contributed by atoms with Gasteiger partial charge in [0.1, 0.15) is 10.8 Å². The van der Waals surface area contributed by atoms with Gasteiger partial charge in [-0.3, -0.25) is 4.79 Å². The third-order valence-electron chi connectivity index (χ3n) is 5.83. The van der Waals surface area contributed by atoms with Crippen molar-refractivity contribution >= 4 is 51.4 Å². The number of nitrogens with one attached hydrogen (secondary N) is 1. The number of benzene rings is 1. The number of amides is 1. The summed E-state index contributed by atoms with van der Waals surface area (Å²) in [5.41, 5.74) is 1.74. The fourth-order valence-electron chi connectivity index (χ4n) is 3.93. The predicted molar refractivity (Wildman–Crippen MR) is 130 cm³/mol. The fraction of sp³-hybridized carbons (Fsp3) is 0.500. The van der Waals surface area contributed by atoms with Crippen LogP contribution in [0, 0.1) is 11.3 Å². The lowest BCUT2D eigenvalue weighted by molar-refractivity contribution is -0.116. The zero-order valence-electron chi connectivity index (χ0n) is 18.8. The molecule has 0 aliphatic heterocycles. The van der Waals surface area contributed by atoms with Gasteiger partial charge in [-0.05, 0) is 60.8 Å². The number of hydrogen-bond acceptors (Lipinski definition) is 5. The molecule has 1 atom stereocenters. The average Bonchev–Trinajstić information content (AvgIpc) is 3.08. The van der Waals surface area contributed by atoms with Crippen LogP contribution < -0.4 is 10.1 Å². The average molecular weight is 498 g/mol. The molecule has 1 aliphatic carbocycles. The Morgan fingerprint density at radius 3 is 2.66 bits per heavy atom. The van der Waals surface area contributed by atoms with Gasteiger partial charge in [0.15, 0.2) is 0 Å². The van der Waals surface area contributed by atoms with Gasteiger partial charge in [0.2, 0.25) is 5.91 Å². The van der Waals surface area contributed by atoms with Crippen LogP contribution in [0.5, 0.6) is 5.75 Å². The molecule has 3 rings (SSSR count). The van der Waals surface area contributed by atoms with E-state index in [0.29, 0.717) is 45.3 Å². The van der Waals surface area contributed by atoms with Crippen molar-refractivity contribution in [1.29, 1.82) is 0 Å². The van der Waals surface area contributed by atoms with Crippen LogP contribution >= 0.6 is 34.5 Å². The maximum absolute atomic E-state index is 12.6. The smallest absolute Gasteiger partial charge is 0.341 e. The molecule has 1 aliphatic rings. The number of carbonyl (C=O) groups is 2. The minimum atomic E-state index is -0.396. The Morgan fingerprint density at radius 2 is 2.00 bits per heavy atom. The minimum absolute atomic E-state index is 0.160. The van der Waals surface area contributed by atoms with Crippen molar-refractivity contribution in [2.24, 2.45) is 11.3 Å². The van der Waals surface area contributed by atoms with Gasteiger partial charge in [0.05, 0.1) is 24.3 Å². The topological polar surface area (TPSA) is 64.6 Å². The van der Waals surface area contributed by atoms with Crippen LogP contribution in [0.1, 0.15) is 60.8 Å². The summed E-state index contributed by atoms with van der Waals surface area (Å²) in [7, 11) is 1.37. The Kier molecular flexibility index (Phi) is 8.12. The Hall–Kier alpha value is -1.76. The van der Waals surface area contributed by atoms with E-state index in [1.165, 1.54) is 23.3 Å². The third kappa shape index (κ3) is 5.97. The second kappa shape index (κ2) is 10.4. The fourth-order valence-corrected chi connectivity index (χ4v) is 5.72. The normalized spacial score (nSPS) is 15.8. The highest BCUT2D eigenvalue weighted by Crippen LogP contribution is 2.44. The van der Waals surface area contributed by atoms with Crippen molar-refractivity contribution in [2.45, 2.75) is 52.9 Å². The Bertz CT molecular complexity index is 997. The number of hydrogen-bond donors (Lipinski definition) is 1. The van der Waals surface area contributed by atoms with E-state index in [2.05, 4.69) is 26.1 Å². The summed E-state index contributed by atoms with van der Waals surface area (Å²) in [5, 5.41) is 4.49. The van der Waals surface area contributed by atoms with Crippen molar-refractivity contribution < 1.29 is 19.1 Å². The summed E-state index contributed by atoms with van der Waals surface area (Å²) in [5.74, 6) is 0.517. The zero-order valence-corrected chi connectivity index (χ0v) is 21.2. The summed E-state index contributed by atoms with van der Waals surface area (Å²) >= 11 is 13.5. The monoisotopic (exact) mass is 497 g/mol. The SMILES string of the molecule is COC(=O)c1c(NC(=O)CCCOc2ccc(Cl)cc2Cl)sc2c1CCC(C(C)(C)C)C2. The molecule has 1 heterocycles. The lowest BCUT2D eigenvalue weighted by atomic mass is 9.72. The van der Waals surface area contributed by atoms with E-state index in [4.69, 9.17) is 32.7 Å². The van der Waals surface area contributed by atoms with Crippen molar-refractivity contribution in [3.8, 4) is 5.75 Å². The maximum Gasteiger partial charge on any atom is 0.341 e. The van der Waals surface area contributed by atoms with Gasteiger partial charge in [-0.25, -0.2) is 4.79 Å². The number of rotatable bonds is 7. The van der Waals surface area contributed by atoms with Crippen LogP contribution in [0.3, 0.4) is 0 Å². The number of carbonyl (C=O) groups excluding carboxylic acids is 2. The molecule has 1 aromatic heterocycles. The first-order chi connectivity index (χ1) is 15.1. The number of esters is 1. The quantitative estimate of drug-likeness (QED) is 0.337. The van der Waals surface area contributed by atoms with Gasteiger partial charge < -0.3 is 14.8 Å². The van der Waals surface area contributed by atoms with Crippen molar-refractivity contribution in [1.82, 2.24) is 0 Å². The summed E-state index contributed by atoms with van der Waals surface area (Å²) in [6, 6.07) is 5.02. The van der Waals surface area contributed by atoms with E-state index in [0.717, 1.165) is 24.8 Å². The van der Waals surface area contributed by atoms with Crippen LogP contribution in [0.4, 0.5) is 5.00 Å². The van der Waals surface area contributed by atoms with E-state index in [1.807, 2.05) is 0 Å². The second-order valence-electron chi connectivity index (χ2n) is 9.08. The van der Waals surface area contributed by atoms with E-state index >= 15 is 0 Å². The summed E-state index contributed by atoms with van der Waals surface area (Å²) in [6.07, 6.45) is 3.53. The molecule has 0 fully saturated rings. The van der Waals surface area contributed by atoms with E-state index in [-0.39, 0.29) is 17.7 Å². The molecule has 0 saturated carbocycles. The number of anilines is 1. The Balaban J connectivity index is 1.62. The highest BCUT2D eigenvalue weighted by Gasteiger charge is 2.34. The molecule has 2 aromatic rings. The van der Waals surface area contributed by atoms with Gasteiger partial charge in [-0.1, -0.05) is 44.0 Å². The first kappa shape index (κ1) is 24.9. The summed E-state index contributed by atoms with van der Waals surface area (Å²) < 4.78 is 10.7. The van der Waals surface area contributed by atoms with Gasteiger partial charge in [0.25, 0.3) is 0 Å². The molecule has 1 N–H and O–H groups in total. The van der Waals surface area contributed by atoms with Crippen LogP contribution in [-0.2, 0) is 22.4 Å². The molecule has 0 bridgehead atoms. The van der Waals surface area contributed by atoms with Crippen LogP contribution in [0.25, 0.3) is 0 Å². The van der Waals surface area contributed by atoms with Crippen molar-refractivity contribution in [3.63, 3.8) is 0 Å². The highest BCUT2D eigenvalue weighted by atomic mass is 35.5. The largest absolute Gasteiger partial charge is 0.492 e. The molecule has 0 radical (unpaired) electrons. The molecular weight excluding hydrogens is 469 g/mol. The van der Waals surface area contributed by atoms with Gasteiger partial charge in [-0.15, -0.1) is 11.3 Å². The molecule has 0 saturated heterocycles. The number of methoxy groups -OCH3 is 1. The van der Waals surface area contributed by atoms with E-state index in [1.54, 1.807) is 18.2 Å². The van der Waals surface area contributed by atoms with E-state index in [9.17, 15) is 9.59 Å². The lowest BCUT2D eigenvalue weighted by Crippen LogP contribution is -2.26. The van der Waals surface area contributed by atoms with Gasteiger partial charge >= 0.3 is 5.97 Å². The molecule has 8 heteroatoms. The maximum atomic E-state index is 12.6. The molecule has 32 heavy (non-hydrogen) atoms. The molecule has 1 unspecified atom stereocenters. The molecule has 0 spiro atoms.